The van der Waals surface area contributed by atoms with Gasteiger partial charge in [-0.2, -0.15) is 18.3 Å². The molecular weight excluding hydrogens is 429 g/mol. The third-order valence-electron chi connectivity index (χ3n) is 4.55. The summed E-state index contributed by atoms with van der Waals surface area (Å²) < 4.78 is 36.9. The van der Waals surface area contributed by atoms with Crippen LogP contribution in [-0.2, 0) is 17.9 Å². The molecule has 4 rings (SSSR count). The highest BCUT2D eigenvalue weighted by Crippen LogP contribution is 2.23. The second-order valence-corrected chi connectivity index (χ2v) is 6.74. The molecule has 3 aromatic rings. The second-order valence-electron chi connectivity index (χ2n) is 6.74. The minimum atomic E-state index is -5.08. The highest BCUT2D eigenvalue weighted by molar-refractivity contribution is 6.03. The predicted octanol–water partition coefficient (Wildman–Crippen LogP) is 3.57. The zero-order valence-electron chi connectivity index (χ0n) is 16.8. The minimum absolute atomic E-state index is 0.210. The van der Waals surface area contributed by atoms with Crippen LogP contribution in [0.5, 0.6) is 5.75 Å². The first-order chi connectivity index (χ1) is 15.2. The number of anilines is 1. The molecule has 4 N–H and O–H groups in total. The lowest BCUT2D eigenvalue weighted by molar-refractivity contribution is -0.192. The number of hydrogen-bond donors (Lipinski definition) is 4. The fourth-order valence-electron chi connectivity index (χ4n) is 2.92. The molecule has 0 spiro atoms. The Morgan fingerprint density at radius 3 is 2.34 bits per heavy atom. The van der Waals surface area contributed by atoms with Gasteiger partial charge in [-0.25, -0.2) is 4.79 Å². The van der Waals surface area contributed by atoms with E-state index in [0.29, 0.717) is 11.4 Å². The molecule has 8 nitrogen and oxygen atoms in total. The maximum atomic E-state index is 12.4. The molecule has 0 saturated carbocycles. The molecule has 2 heterocycles. The Kier molecular flexibility index (Phi) is 6.79. The number of carboxylic acids is 1. The smallest absolute Gasteiger partial charge is 0.490 e. The molecule has 168 valence electrons. The van der Waals surface area contributed by atoms with Gasteiger partial charge in [0, 0.05) is 24.3 Å². The minimum Gasteiger partial charge on any atom is -0.497 e. The highest BCUT2D eigenvalue weighted by Gasteiger charge is 2.38. The van der Waals surface area contributed by atoms with Crippen molar-refractivity contribution in [2.45, 2.75) is 19.3 Å². The van der Waals surface area contributed by atoms with Crippen molar-refractivity contribution >= 4 is 17.6 Å². The van der Waals surface area contributed by atoms with Gasteiger partial charge in [0.05, 0.1) is 12.8 Å². The molecule has 0 saturated heterocycles. The lowest BCUT2D eigenvalue weighted by Crippen LogP contribution is -2.21. The quantitative estimate of drug-likeness (QED) is 0.485. The zero-order valence-corrected chi connectivity index (χ0v) is 16.8. The SMILES string of the molecule is COc1ccc(-c2cc(C(=O)Nc3ccc4c(c3)CNC4)[nH]n2)cc1.O=C(O)C(F)(F)F. The summed E-state index contributed by atoms with van der Waals surface area (Å²) in [6, 6.07) is 15.3. The summed E-state index contributed by atoms with van der Waals surface area (Å²) in [5, 5.41) is 20.4. The van der Waals surface area contributed by atoms with Crippen LogP contribution in [0.25, 0.3) is 11.3 Å². The summed E-state index contributed by atoms with van der Waals surface area (Å²) in [5.41, 5.74) is 5.34. The number of nitrogens with zero attached hydrogens (tertiary/aromatic N) is 1. The van der Waals surface area contributed by atoms with Crippen LogP contribution in [0.3, 0.4) is 0 Å². The summed E-state index contributed by atoms with van der Waals surface area (Å²) in [6.07, 6.45) is -5.08. The Bertz CT molecular complexity index is 1110. The van der Waals surface area contributed by atoms with Crippen molar-refractivity contribution in [3.63, 3.8) is 0 Å². The van der Waals surface area contributed by atoms with Gasteiger partial charge in [0.1, 0.15) is 11.4 Å². The lowest BCUT2D eigenvalue weighted by atomic mass is 10.1. The van der Waals surface area contributed by atoms with Gasteiger partial charge in [0.25, 0.3) is 5.91 Å². The van der Waals surface area contributed by atoms with Crippen LogP contribution in [0.4, 0.5) is 18.9 Å². The van der Waals surface area contributed by atoms with Crippen LogP contribution in [0.15, 0.2) is 48.5 Å². The molecule has 1 amide bonds. The van der Waals surface area contributed by atoms with Crippen molar-refractivity contribution < 1.29 is 32.6 Å². The van der Waals surface area contributed by atoms with E-state index in [1.807, 2.05) is 42.5 Å². The molecule has 32 heavy (non-hydrogen) atoms. The summed E-state index contributed by atoms with van der Waals surface area (Å²) in [4.78, 5) is 21.3. The first-order valence-electron chi connectivity index (χ1n) is 9.31. The number of carboxylic acid groups (broad SMARTS) is 1. The summed E-state index contributed by atoms with van der Waals surface area (Å²) in [7, 11) is 1.63. The number of methoxy groups -OCH3 is 1. The van der Waals surface area contributed by atoms with Crippen LogP contribution < -0.4 is 15.4 Å². The van der Waals surface area contributed by atoms with Gasteiger partial charge < -0.3 is 20.5 Å². The van der Waals surface area contributed by atoms with Crippen LogP contribution in [-0.4, -0.2) is 40.5 Å². The van der Waals surface area contributed by atoms with E-state index < -0.39 is 12.1 Å². The number of carbonyl (C=O) groups excluding carboxylic acids is 1. The summed E-state index contributed by atoms with van der Waals surface area (Å²) >= 11 is 0. The van der Waals surface area contributed by atoms with E-state index in [0.717, 1.165) is 30.1 Å². The maximum absolute atomic E-state index is 12.4. The lowest BCUT2D eigenvalue weighted by Gasteiger charge is -2.05. The van der Waals surface area contributed by atoms with Crippen LogP contribution in [0.1, 0.15) is 21.6 Å². The highest BCUT2D eigenvalue weighted by atomic mass is 19.4. The van der Waals surface area contributed by atoms with Crippen molar-refractivity contribution in [1.82, 2.24) is 15.5 Å². The number of carbonyl (C=O) groups is 2. The van der Waals surface area contributed by atoms with Gasteiger partial charge >= 0.3 is 12.1 Å². The summed E-state index contributed by atoms with van der Waals surface area (Å²) in [6.45, 7) is 1.72. The molecule has 0 atom stereocenters. The van der Waals surface area contributed by atoms with Gasteiger partial charge in [-0.1, -0.05) is 6.07 Å². The topological polar surface area (TPSA) is 116 Å². The predicted molar refractivity (Wildman–Crippen MR) is 109 cm³/mol. The number of fused-ring (bicyclic) bond motifs is 1. The van der Waals surface area contributed by atoms with Crippen LogP contribution in [0, 0.1) is 0 Å². The normalized spacial score (nSPS) is 12.4. The number of aromatic nitrogens is 2. The van der Waals surface area contributed by atoms with Gasteiger partial charge in [-0.05, 0) is 53.6 Å². The standard InChI is InChI=1S/C19H18N4O2.C2HF3O2/c1-25-16-6-3-12(4-7-16)17-9-18(23-22-17)19(24)21-15-5-2-13-10-20-11-14(13)8-15;3-2(4,5)1(6)7/h2-9,20H,10-11H2,1H3,(H,21,24)(H,22,23);(H,6,7). The number of hydrogen-bond acceptors (Lipinski definition) is 5. The Morgan fingerprint density at radius 2 is 1.72 bits per heavy atom. The molecule has 11 heteroatoms. The van der Waals surface area contributed by atoms with Crippen LogP contribution in [0.2, 0.25) is 0 Å². The van der Waals surface area contributed by atoms with E-state index in [-0.39, 0.29) is 5.91 Å². The number of rotatable bonds is 4. The number of amides is 1. The average Bonchev–Trinajstić information content (AvgIpc) is 3.43. The zero-order chi connectivity index (χ0) is 23.3. The number of aliphatic carboxylic acids is 1. The first kappa shape index (κ1) is 22.8. The second kappa shape index (κ2) is 9.52. The molecule has 2 aromatic carbocycles. The molecule has 0 radical (unpaired) electrons. The summed E-state index contributed by atoms with van der Waals surface area (Å²) in [5.74, 6) is -2.19. The number of benzene rings is 2. The van der Waals surface area contributed by atoms with E-state index >= 15 is 0 Å². The largest absolute Gasteiger partial charge is 0.497 e. The molecule has 0 unspecified atom stereocenters. The number of ether oxygens (including phenoxy) is 1. The third kappa shape index (κ3) is 5.64. The average molecular weight is 448 g/mol. The van der Waals surface area contributed by atoms with Crippen molar-refractivity contribution in [2.24, 2.45) is 0 Å². The van der Waals surface area contributed by atoms with Crippen molar-refractivity contribution in [2.75, 3.05) is 12.4 Å². The fourth-order valence-corrected chi connectivity index (χ4v) is 2.92. The number of alkyl halides is 3. The Labute approximate surface area is 180 Å². The van der Waals surface area contributed by atoms with Gasteiger partial charge in [0.2, 0.25) is 0 Å². The van der Waals surface area contributed by atoms with Crippen molar-refractivity contribution in [3.8, 4) is 17.0 Å². The third-order valence-corrected chi connectivity index (χ3v) is 4.55. The maximum Gasteiger partial charge on any atom is 0.490 e. The number of nitrogens with one attached hydrogen (secondary N) is 3. The molecule has 1 aromatic heterocycles. The van der Waals surface area contributed by atoms with Gasteiger partial charge in [-0.3, -0.25) is 9.89 Å². The molecule has 0 aliphatic carbocycles. The van der Waals surface area contributed by atoms with Crippen molar-refractivity contribution in [1.29, 1.82) is 0 Å². The molecule has 0 fully saturated rings. The molecule has 1 aliphatic rings. The Hall–Kier alpha value is -3.86. The molecule has 0 bridgehead atoms. The van der Waals surface area contributed by atoms with Crippen molar-refractivity contribution in [3.05, 3.63) is 65.4 Å². The van der Waals surface area contributed by atoms with E-state index in [1.54, 1.807) is 13.2 Å². The van der Waals surface area contributed by atoms with E-state index in [1.165, 1.54) is 11.1 Å². The number of halogens is 3. The number of H-pyrrole nitrogens is 1. The first-order valence-corrected chi connectivity index (χ1v) is 9.31. The fraction of sp³-hybridized carbons (Fsp3) is 0.190. The number of aromatic amines is 1. The van der Waals surface area contributed by atoms with Gasteiger partial charge in [0.15, 0.2) is 0 Å². The van der Waals surface area contributed by atoms with Crippen LogP contribution >= 0.6 is 0 Å². The van der Waals surface area contributed by atoms with Gasteiger partial charge in [-0.15, -0.1) is 0 Å². The van der Waals surface area contributed by atoms with E-state index in [9.17, 15) is 18.0 Å². The Balaban J connectivity index is 0.000000360. The van der Waals surface area contributed by atoms with E-state index in [4.69, 9.17) is 14.6 Å². The van der Waals surface area contributed by atoms with E-state index in [2.05, 4.69) is 20.8 Å². The molecule has 1 aliphatic heterocycles. The Morgan fingerprint density at radius 1 is 1.06 bits per heavy atom. The molecular formula is C21H19F3N4O4. The monoisotopic (exact) mass is 448 g/mol.